The summed E-state index contributed by atoms with van der Waals surface area (Å²) in [5, 5.41) is 0. The molecule has 0 aromatic heterocycles. The van der Waals surface area contributed by atoms with Crippen LogP contribution in [0, 0.1) is 0 Å². The Morgan fingerprint density at radius 1 is 1.46 bits per heavy atom. The summed E-state index contributed by atoms with van der Waals surface area (Å²) in [5.41, 5.74) is -0.536. The van der Waals surface area contributed by atoms with Crippen molar-refractivity contribution in [2.45, 2.75) is 18.4 Å². The second-order valence-electron chi connectivity index (χ2n) is 3.18. The molecule has 0 bridgehead atoms. The van der Waals surface area contributed by atoms with Crippen LogP contribution in [-0.2, 0) is 13.8 Å². The SMILES string of the molecule is COC1(CS(=O)(=O)Cl)CCSCC1. The van der Waals surface area contributed by atoms with Gasteiger partial charge in [-0.2, -0.15) is 11.8 Å². The lowest BCUT2D eigenvalue weighted by atomic mass is 9.99. The minimum absolute atomic E-state index is 0.0708. The molecule has 0 radical (unpaired) electrons. The average molecular weight is 245 g/mol. The Kier molecular flexibility index (Phi) is 3.92. The van der Waals surface area contributed by atoms with Crippen LogP contribution < -0.4 is 0 Å². The van der Waals surface area contributed by atoms with Crippen LogP contribution in [0.1, 0.15) is 12.8 Å². The molecule has 0 aliphatic carbocycles. The maximum absolute atomic E-state index is 10.9. The van der Waals surface area contributed by atoms with Crippen LogP contribution in [0.4, 0.5) is 0 Å². The third-order valence-electron chi connectivity index (χ3n) is 2.27. The lowest BCUT2D eigenvalue weighted by Gasteiger charge is -2.34. The van der Waals surface area contributed by atoms with Gasteiger partial charge in [-0.3, -0.25) is 0 Å². The molecule has 0 atom stereocenters. The molecule has 0 amide bonds. The number of ether oxygens (including phenoxy) is 1. The van der Waals surface area contributed by atoms with Gasteiger partial charge in [0, 0.05) is 17.8 Å². The van der Waals surface area contributed by atoms with Gasteiger partial charge in [-0.1, -0.05) is 0 Å². The molecule has 1 heterocycles. The monoisotopic (exact) mass is 244 g/mol. The predicted molar refractivity (Wildman–Crippen MR) is 55.9 cm³/mol. The highest BCUT2D eigenvalue weighted by Gasteiger charge is 2.36. The van der Waals surface area contributed by atoms with E-state index in [2.05, 4.69) is 0 Å². The van der Waals surface area contributed by atoms with Crippen LogP contribution >= 0.6 is 22.4 Å². The lowest BCUT2D eigenvalue weighted by molar-refractivity contribution is 0.00285. The van der Waals surface area contributed by atoms with Crippen molar-refractivity contribution < 1.29 is 13.2 Å². The van der Waals surface area contributed by atoms with Crippen molar-refractivity contribution >= 4 is 31.5 Å². The number of hydrogen-bond acceptors (Lipinski definition) is 4. The Labute approximate surface area is 87.6 Å². The summed E-state index contributed by atoms with van der Waals surface area (Å²) in [6, 6.07) is 0. The highest BCUT2D eigenvalue weighted by atomic mass is 35.7. The first-order chi connectivity index (χ1) is 5.97. The van der Waals surface area contributed by atoms with E-state index in [9.17, 15) is 8.42 Å². The van der Waals surface area contributed by atoms with E-state index in [4.69, 9.17) is 15.4 Å². The Bertz CT molecular complexity index is 257. The molecule has 0 spiro atoms. The van der Waals surface area contributed by atoms with Gasteiger partial charge in [0.05, 0.1) is 11.4 Å². The van der Waals surface area contributed by atoms with Gasteiger partial charge in [0.1, 0.15) is 0 Å². The first kappa shape index (κ1) is 11.6. The molecule has 0 N–H and O–H groups in total. The highest BCUT2D eigenvalue weighted by molar-refractivity contribution is 8.13. The summed E-state index contributed by atoms with van der Waals surface area (Å²) >= 11 is 1.82. The Morgan fingerprint density at radius 2 is 2.00 bits per heavy atom. The molecule has 1 fully saturated rings. The fourth-order valence-corrected chi connectivity index (χ4v) is 4.33. The maximum atomic E-state index is 10.9. The van der Waals surface area contributed by atoms with Crippen LogP contribution in [0.3, 0.4) is 0 Å². The largest absolute Gasteiger partial charge is 0.377 e. The quantitative estimate of drug-likeness (QED) is 0.706. The van der Waals surface area contributed by atoms with E-state index in [1.807, 2.05) is 11.8 Å². The van der Waals surface area contributed by atoms with Crippen LogP contribution in [-0.4, -0.2) is 38.4 Å². The summed E-state index contributed by atoms with van der Waals surface area (Å²) in [6.45, 7) is 0. The number of methoxy groups -OCH3 is 1. The van der Waals surface area contributed by atoms with Gasteiger partial charge >= 0.3 is 0 Å². The maximum Gasteiger partial charge on any atom is 0.235 e. The average Bonchev–Trinajstić information content (AvgIpc) is 2.03. The minimum Gasteiger partial charge on any atom is -0.377 e. The first-order valence-electron chi connectivity index (χ1n) is 4.03. The van der Waals surface area contributed by atoms with Crippen molar-refractivity contribution in [2.24, 2.45) is 0 Å². The zero-order valence-electron chi connectivity index (χ0n) is 7.45. The van der Waals surface area contributed by atoms with Gasteiger partial charge in [0.2, 0.25) is 9.05 Å². The second-order valence-corrected chi connectivity index (χ2v) is 7.18. The molecule has 3 nitrogen and oxygen atoms in total. The molecule has 78 valence electrons. The van der Waals surface area contributed by atoms with Crippen molar-refractivity contribution in [3.8, 4) is 0 Å². The third kappa shape index (κ3) is 3.65. The summed E-state index contributed by atoms with van der Waals surface area (Å²) in [5.74, 6) is 1.82. The fraction of sp³-hybridized carbons (Fsp3) is 1.00. The van der Waals surface area contributed by atoms with E-state index in [-0.39, 0.29) is 5.75 Å². The van der Waals surface area contributed by atoms with E-state index in [1.165, 1.54) is 0 Å². The van der Waals surface area contributed by atoms with Crippen molar-refractivity contribution in [3.63, 3.8) is 0 Å². The summed E-state index contributed by atoms with van der Waals surface area (Å²) in [6.07, 6.45) is 1.53. The molecule has 6 heteroatoms. The van der Waals surface area contributed by atoms with Crippen molar-refractivity contribution in [1.29, 1.82) is 0 Å². The van der Waals surface area contributed by atoms with E-state index < -0.39 is 14.7 Å². The minimum atomic E-state index is -3.46. The van der Waals surface area contributed by atoms with E-state index in [1.54, 1.807) is 7.11 Å². The van der Waals surface area contributed by atoms with Gasteiger partial charge < -0.3 is 4.74 Å². The van der Waals surface area contributed by atoms with Gasteiger partial charge in [-0.05, 0) is 24.3 Å². The number of rotatable bonds is 3. The molecule has 1 aliphatic rings. The van der Waals surface area contributed by atoms with E-state index >= 15 is 0 Å². The van der Waals surface area contributed by atoms with Crippen LogP contribution in [0.25, 0.3) is 0 Å². The molecule has 13 heavy (non-hydrogen) atoms. The normalized spacial score (nSPS) is 22.9. The second kappa shape index (κ2) is 4.38. The Morgan fingerprint density at radius 3 is 2.38 bits per heavy atom. The fourth-order valence-electron chi connectivity index (χ4n) is 1.46. The van der Waals surface area contributed by atoms with Gasteiger partial charge in [-0.25, -0.2) is 8.42 Å². The van der Waals surface area contributed by atoms with Crippen LogP contribution in [0.2, 0.25) is 0 Å². The number of halogens is 1. The van der Waals surface area contributed by atoms with Crippen molar-refractivity contribution in [3.05, 3.63) is 0 Å². The standard InChI is InChI=1S/C7H13ClO3S2/c1-11-7(6-13(8,9)10)2-4-12-5-3-7/h2-6H2,1H3. The highest BCUT2D eigenvalue weighted by Crippen LogP contribution is 2.31. The Balaban J connectivity index is 2.68. The molecule has 0 aromatic carbocycles. The molecule has 0 saturated carbocycles. The zero-order valence-corrected chi connectivity index (χ0v) is 9.84. The van der Waals surface area contributed by atoms with Gasteiger partial charge in [-0.15, -0.1) is 0 Å². The van der Waals surface area contributed by atoms with E-state index in [0.717, 1.165) is 24.3 Å². The number of thioether (sulfide) groups is 1. The molecule has 1 saturated heterocycles. The molecule has 0 unspecified atom stereocenters. The van der Waals surface area contributed by atoms with Crippen LogP contribution in [0.5, 0.6) is 0 Å². The molecule has 1 aliphatic heterocycles. The zero-order chi connectivity index (χ0) is 9.95. The van der Waals surface area contributed by atoms with Gasteiger partial charge in [0.15, 0.2) is 0 Å². The molecule has 0 aromatic rings. The van der Waals surface area contributed by atoms with Crippen LogP contribution in [0.15, 0.2) is 0 Å². The lowest BCUT2D eigenvalue weighted by Crippen LogP contribution is -2.41. The summed E-state index contributed by atoms with van der Waals surface area (Å²) in [7, 11) is 3.32. The molecular formula is C7H13ClO3S2. The molecule has 1 rings (SSSR count). The predicted octanol–water partition coefficient (Wildman–Crippen LogP) is 1.47. The summed E-state index contributed by atoms with van der Waals surface area (Å²) < 4.78 is 27.2. The topological polar surface area (TPSA) is 43.4 Å². The van der Waals surface area contributed by atoms with E-state index in [0.29, 0.717) is 0 Å². The smallest absolute Gasteiger partial charge is 0.235 e. The van der Waals surface area contributed by atoms with Gasteiger partial charge in [0.25, 0.3) is 0 Å². The Hall–Kier alpha value is 0.550. The van der Waals surface area contributed by atoms with Crippen molar-refractivity contribution in [1.82, 2.24) is 0 Å². The summed E-state index contributed by atoms with van der Waals surface area (Å²) in [4.78, 5) is 0. The number of hydrogen-bond donors (Lipinski definition) is 0. The molecular weight excluding hydrogens is 232 g/mol. The van der Waals surface area contributed by atoms with Crippen molar-refractivity contribution in [2.75, 3.05) is 24.4 Å². The third-order valence-corrected chi connectivity index (χ3v) is 4.46. The first-order valence-corrected chi connectivity index (χ1v) is 7.66.